The third-order valence-corrected chi connectivity index (χ3v) is 3.13. The van der Waals surface area contributed by atoms with Gasteiger partial charge in [0.25, 0.3) is 0 Å². The van der Waals surface area contributed by atoms with Gasteiger partial charge in [-0.1, -0.05) is 6.07 Å². The Morgan fingerprint density at radius 1 is 1.56 bits per heavy atom. The van der Waals surface area contributed by atoms with Crippen LogP contribution in [0.5, 0.6) is 0 Å². The van der Waals surface area contributed by atoms with E-state index in [0.29, 0.717) is 16.7 Å². The van der Waals surface area contributed by atoms with Gasteiger partial charge < -0.3 is 15.0 Å². The van der Waals surface area contributed by atoms with Gasteiger partial charge in [-0.2, -0.15) is 0 Å². The van der Waals surface area contributed by atoms with Crippen molar-refractivity contribution >= 4 is 27.6 Å². The first-order valence-electron chi connectivity index (χ1n) is 5.18. The third-order valence-electron chi connectivity index (χ3n) is 2.47. The van der Waals surface area contributed by atoms with Crippen LogP contribution in [0.2, 0.25) is 0 Å². The van der Waals surface area contributed by atoms with Crippen LogP contribution in [0.1, 0.15) is 16.2 Å². The number of aryl methyl sites for hydroxylation is 1. The van der Waals surface area contributed by atoms with Gasteiger partial charge in [0.15, 0.2) is 5.82 Å². The van der Waals surface area contributed by atoms with E-state index in [1.807, 2.05) is 7.05 Å². The Labute approximate surface area is 112 Å². The van der Waals surface area contributed by atoms with Gasteiger partial charge in [0.1, 0.15) is 6.33 Å². The van der Waals surface area contributed by atoms with E-state index < -0.39 is 5.97 Å². The molecule has 0 atom stereocenters. The summed E-state index contributed by atoms with van der Waals surface area (Å²) in [7, 11) is 1.83. The highest BCUT2D eigenvalue weighted by Crippen LogP contribution is 2.25. The second kappa shape index (κ2) is 5.18. The average molecular weight is 311 g/mol. The van der Waals surface area contributed by atoms with Crippen molar-refractivity contribution in [3.05, 3.63) is 40.4 Å². The number of carboxylic acids is 1. The Bertz CT molecular complexity index is 582. The van der Waals surface area contributed by atoms with Crippen LogP contribution in [-0.2, 0) is 13.6 Å². The Balaban J connectivity index is 2.22. The van der Waals surface area contributed by atoms with Gasteiger partial charge in [-0.15, -0.1) is 10.2 Å². The molecule has 2 N–H and O–H groups in total. The van der Waals surface area contributed by atoms with Gasteiger partial charge in [0, 0.05) is 11.5 Å². The molecule has 0 amide bonds. The zero-order valence-electron chi connectivity index (χ0n) is 9.59. The van der Waals surface area contributed by atoms with Crippen molar-refractivity contribution in [2.24, 2.45) is 7.05 Å². The van der Waals surface area contributed by atoms with E-state index in [9.17, 15) is 4.79 Å². The SMILES string of the molecule is Cn1cnnc1CNc1cccc(Br)c1C(=O)O. The number of hydrogen-bond acceptors (Lipinski definition) is 4. The molecule has 0 bridgehead atoms. The summed E-state index contributed by atoms with van der Waals surface area (Å²) in [6.07, 6.45) is 1.59. The van der Waals surface area contributed by atoms with Crippen molar-refractivity contribution in [1.82, 2.24) is 14.8 Å². The smallest absolute Gasteiger partial charge is 0.338 e. The number of anilines is 1. The molecule has 2 rings (SSSR count). The molecule has 1 heterocycles. The molecule has 2 aromatic rings. The Hall–Kier alpha value is -1.89. The highest BCUT2D eigenvalue weighted by Gasteiger charge is 2.14. The molecule has 94 valence electrons. The van der Waals surface area contributed by atoms with Crippen molar-refractivity contribution in [3.8, 4) is 0 Å². The van der Waals surface area contributed by atoms with Crippen LogP contribution >= 0.6 is 15.9 Å². The Morgan fingerprint density at radius 3 is 2.94 bits per heavy atom. The molecule has 0 spiro atoms. The zero-order valence-corrected chi connectivity index (χ0v) is 11.2. The highest BCUT2D eigenvalue weighted by atomic mass is 79.9. The lowest BCUT2D eigenvalue weighted by molar-refractivity contribution is 0.0697. The van der Waals surface area contributed by atoms with E-state index in [1.165, 1.54) is 0 Å². The van der Waals surface area contributed by atoms with Crippen molar-refractivity contribution in [2.45, 2.75) is 6.54 Å². The summed E-state index contributed by atoms with van der Waals surface area (Å²) in [6.45, 7) is 0.410. The molecular formula is C11H11BrN4O2. The quantitative estimate of drug-likeness (QED) is 0.901. The molecule has 0 radical (unpaired) electrons. The maximum absolute atomic E-state index is 11.2. The van der Waals surface area contributed by atoms with E-state index in [4.69, 9.17) is 5.11 Å². The van der Waals surface area contributed by atoms with Crippen LogP contribution in [0, 0.1) is 0 Å². The van der Waals surface area contributed by atoms with Gasteiger partial charge in [-0.25, -0.2) is 4.79 Å². The molecule has 0 saturated heterocycles. The van der Waals surface area contributed by atoms with Crippen LogP contribution in [-0.4, -0.2) is 25.8 Å². The van der Waals surface area contributed by atoms with E-state index in [-0.39, 0.29) is 5.56 Å². The molecule has 6 nitrogen and oxygen atoms in total. The normalized spacial score (nSPS) is 10.3. The van der Waals surface area contributed by atoms with Gasteiger partial charge in [0.05, 0.1) is 17.8 Å². The summed E-state index contributed by atoms with van der Waals surface area (Å²) < 4.78 is 2.31. The van der Waals surface area contributed by atoms with Crippen molar-refractivity contribution in [3.63, 3.8) is 0 Å². The van der Waals surface area contributed by atoms with Crippen molar-refractivity contribution in [1.29, 1.82) is 0 Å². The fourth-order valence-corrected chi connectivity index (χ4v) is 2.07. The topological polar surface area (TPSA) is 80.0 Å². The predicted molar refractivity (Wildman–Crippen MR) is 69.4 cm³/mol. The summed E-state index contributed by atoms with van der Waals surface area (Å²) in [5.41, 5.74) is 0.750. The molecular weight excluding hydrogens is 300 g/mol. The fourth-order valence-electron chi connectivity index (χ4n) is 1.53. The van der Waals surface area contributed by atoms with Crippen LogP contribution in [0.3, 0.4) is 0 Å². The Morgan fingerprint density at radius 2 is 2.33 bits per heavy atom. The number of halogens is 1. The largest absolute Gasteiger partial charge is 0.478 e. The molecule has 18 heavy (non-hydrogen) atoms. The van der Waals surface area contributed by atoms with E-state index in [2.05, 4.69) is 31.4 Å². The molecule has 1 aromatic carbocycles. The molecule has 0 saturated carbocycles. The zero-order chi connectivity index (χ0) is 13.1. The first-order valence-corrected chi connectivity index (χ1v) is 5.97. The maximum atomic E-state index is 11.2. The molecule has 0 aliphatic rings. The molecule has 0 fully saturated rings. The van der Waals surface area contributed by atoms with Gasteiger partial charge >= 0.3 is 5.97 Å². The average Bonchev–Trinajstić information content (AvgIpc) is 2.71. The van der Waals surface area contributed by atoms with E-state index in [0.717, 1.165) is 5.82 Å². The standard InChI is InChI=1S/C11H11BrN4O2/c1-16-6-14-15-9(16)5-13-8-4-2-3-7(12)10(8)11(17)18/h2-4,6,13H,5H2,1H3,(H,17,18). The number of aromatic nitrogens is 3. The number of benzene rings is 1. The predicted octanol–water partition coefficient (Wildman–Crippen LogP) is 1.89. The summed E-state index contributed by atoms with van der Waals surface area (Å²) in [4.78, 5) is 11.2. The van der Waals surface area contributed by atoms with Crippen molar-refractivity contribution in [2.75, 3.05) is 5.32 Å². The minimum absolute atomic E-state index is 0.208. The molecule has 1 aromatic heterocycles. The number of rotatable bonds is 4. The molecule has 0 aliphatic heterocycles. The second-order valence-corrected chi connectivity index (χ2v) is 4.53. The summed E-state index contributed by atoms with van der Waals surface area (Å²) in [5, 5.41) is 19.9. The highest BCUT2D eigenvalue weighted by molar-refractivity contribution is 9.10. The van der Waals surface area contributed by atoms with Crippen LogP contribution < -0.4 is 5.32 Å². The van der Waals surface area contributed by atoms with Crippen LogP contribution in [0.4, 0.5) is 5.69 Å². The number of carbonyl (C=O) groups is 1. The summed E-state index contributed by atoms with van der Waals surface area (Å²) in [5.74, 6) is -0.255. The summed E-state index contributed by atoms with van der Waals surface area (Å²) >= 11 is 3.23. The first-order chi connectivity index (χ1) is 8.59. The van der Waals surface area contributed by atoms with Gasteiger partial charge in [-0.3, -0.25) is 0 Å². The lowest BCUT2D eigenvalue weighted by Crippen LogP contribution is -2.10. The first kappa shape index (κ1) is 12.6. The molecule has 0 aliphatic carbocycles. The van der Waals surface area contributed by atoms with E-state index in [1.54, 1.807) is 29.1 Å². The number of hydrogen-bond donors (Lipinski definition) is 2. The third kappa shape index (κ3) is 2.51. The molecule has 0 unspecified atom stereocenters. The molecule has 7 heteroatoms. The number of nitrogens with one attached hydrogen (secondary N) is 1. The van der Waals surface area contributed by atoms with Crippen LogP contribution in [0.25, 0.3) is 0 Å². The monoisotopic (exact) mass is 310 g/mol. The van der Waals surface area contributed by atoms with Crippen molar-refractivity contribution < 1.29 is 9.90 Å². The fraction of sp³-hybridized carbons (Fsp3) is 0.182. The minimum atomic E-state index is -0.983. The number of aromatic carboxylic acids is 1. The summed E-state index contributed by atoms with van der Waals surface area (Å²) in [6, 6.07) is 5.18. The lowest BCUT2D eigenvalue weighted by Gasteiger charge is -2.10. The van der Waals surface area contributed by atoms with Crippen LogP contribution in [0.15, 0.2) is 29.0 Å². The van der Waals surface area contributed by atoms with Gasteiger partial charge in [-0.05, 0) is 28.1 Å². The lowest BCUT2D eigenvalue weighted by atomic mass is 10.2. The number of nitrogens with zero attached hydrogens (tertiary/aromatic N) is 3. The minimum Gasteiger partial charge on any atom is -0.478 e. The Kier molecular flexibility index (Phi) is 3.61. The van der Waals surface area contributed by atoms with E-state index >= 15 is 0 Å². The number of carboxylic acid groups (broad SMARTS) is 1. The second-order valence-electron chi connectivity index (χ2n) is 3.68. The van der Waals surface area contributed by atoms with Gasteiger partial charge in [0.2, 0.25) is 0 Å². The maximum Gasteiger partial charge on any atom is 0.338 e.